The second kappa shape index (κ2) is 6.73. The quantitative estimate of drug-likeness (QED) is 0.410. The lowest BCUT2D eigenvalue weighted by molar-refractivity contribution is 0.0955. The lowest BCUT2D eigenvalue weighted by Gasteiger charge is -2.03. The zero-order valence-electron chi connectivity index (χ0n) is 10.7. The van der Waals surface area contributed by atoms with Gasteiger partial charge in [0.2, 0.25) is 0 Å². The minimum absolute atomic E-state index is 0.107. The van der Waals surface area contributed by atoms with Gasteiger partial charge < -0.3 is 10.8 Å². The van der Waals surface area contributed by atoms with Crippen LogP contribution in [-0.2, 0) is 0 Å². The summed E-state index contributed by atoms with van der Waals surface area (Å²) in [5.41, 5.74) is 9.67. The first-order valence-electron chi connectivity index (χ1n) is 5.84. The molecule has 4 N–H and O–H groups in total. The number of nitrogens with two attached hydrogens (primary N) is 1. The Kier molecular flexibility index (Phi) is 4.98. The van der Waals surface area contributed by atoms with Gasteiger partial charge in [-0.15, -0.1) is 0 Å². The second-order valence-corrected chi connectivity index (χ2v) is 5.87. The van der Waals surface area contributed by atoms with E-state index in [2.05, 4.69) is 42.4 Å². The van der Waals surface area contributed by atoms with E-state index in [0.29, 0.717) is 25.8 Å². The predicted molar refractivity (Wildman–Crippen MR) is 89.4 cm³/mol. The van der Waals surface area contributed by atoms with E-state index < -0.39 is 0 Å². The molecule has 0 spiro atoms. The number of carbonyl (C=O) groups is 1. The minimum atomic E-state index is -0.351. The predicted octanol–water partition coefficient (Wildman–Crippen LogP) is 3.26. The summed E-state index contributed by atoms with van der Waals surface area (Å²) in [5, 5.41) is 13.5. The van der Waals surface area contributed by atoms with Crippen LogP contribution in [0.5, 0.6) is 5.75 Å². The van der Waals surface area contributed by atoms with Crippen LogP contribution in [0.4, 0.5) is 5.69 Å². The number of halogens is 2. The van der Waals surface area contributed by atoms with Gasteiger partial charge in [0.1, 0.15) is 5.75 Å². The van der Waals surface area contributed by atoms with E-state index in [0.717, 1.165) is 0 Å². The number of anilines is 1. The van der Waals surface area contributed by atoms with Gasteiger partial charge >= 0.3 is 0 Å². The molecular weight excluding hydrogens is 402 g/mol. The number of aromatic hydroxyl groups is 1. The Labute approximate surface area is 138 Å². The molecule has 21 heavy (non-hydrogen) atoms. The largest absolute Gasteiger partial charge is 0.506 e. The van der Waals surface area contributed by atoms with Gasteiger partial charge in [0.15, 0.2) is 0 Å². The van der Waals surface area contributed by atoms with Gasteiger partial charge in [-0.25, -0.2) is 5.43 Å². The highest BCUT2D eigenvalue weighted by Crippen LogP contribution is 2.32. The highest BCUT2D eigenvalue weighted by molar-refractivity contribution is 9.11. The van der Waals surface area contributed by atoms with E-state index >= 15 is 0 Å². The number of amides is 1. The SMILES string of the molecule is Nc1cccc(C(=O)N/N=C/c2cc(Br)c(O)c(Br)c2)c1. The molecule has 5 nitrogen and oxygen atoms in total. The first kappa shape index (κ1) is 15.5. The molecule has 0 unspecified atom stereocenters. The van der Waals surface area contributed by atoms with Crippen molar-refractivity contribution in [1.29, 1.82) is 0 Å². The first-order valence-corrected chi connectivity index (χ1v) is 7.43. The summed E-state index contributed by atoms with van der Waals surface area (Å²) < 4.78 is 1.06. The summed E-state index contributed by atoms with van der Waals surface area (Å²) in [7, 11) is 0. The van der Waals surface area contributed by atoms with Gasteiger partial charge in [-0.05, 0) is 67.8 Å². The Morgan fingerprint density at radius 2 is 1.90 bits per heavy atom. The lowest BCUT2D eigenvalue weighted by Crippen LogP contribution is -2.17. The summed E-state index contributed by atoms with van der Waals surface area (Å²) in [6.45, 7) is 0. The summed E-state index contributed by atoms with van der Waals surface area (Å²) in [6, 6.07) is 9.97. The Morgan fingerprint density at radius 3 is 2.52 bits per heavy atom. The van der Waals surface area contributed by atoms with Gasteiger partial charge in [0.25, 0.3) is 5.91 Å². The van der Waals surface area contributed by atoms with Gasteiger partial charge in [-0.1, -0.05) is 6.07 Å². The van der Waals surface area contributed by atoms with Crippen molar-refractivity contribution in [3.05, 3.63) is 56.5 Å². The fourth-order valence-electron chi connectivity index (χ4n) is 1.57. The minimum Gasteiger partial charge on any atom is -0.506 e. The summed E-state index contributed by atoms with van der Waals surface area (Å²) in [5.74, 6) is -0.244. The Hall–Kier alpha value is -1.86. The average Bonchev–Trinajstić information content (AvgIpc) is 2.44. The van der Waals surface area contributed by atoms with Crippen molar-refractivity contribution in [2.75, 3.05) is 5.73 Å². The number of benzene rings is 2. The number of phenols is 1. The zero-order valence-corrected chi connectivity index (χ0v) is 13.8. The second-order valence-electron chi connectivity index (χ2n) is 4.16. The molecule has 0 radical (unpaired) electrons. The number of nitrogens with zero attached hydrogens (tertiary/aromatic N) is 1. The summed E-state index contributed by atoms with van der Waals surface area (Å²) in [4.78, 5) is 11.8. The van der Waals surface area contributed by atoms with Crippen molar-refractivity contribution in [3.8, 4) is 5.75 Å². The Balaban J connectivity index is 2.07. The monoisotopic (exact) mass is 411 g/mol. The van der Waals surface area contributed by atoms with E-state index in [1.165, 1.54) is 6.21 Å². The third kappa shape index (κ3) is 4.05. The maximum Gasteiger partial charge on any atom is 0.271 e. The number of nitrogen functional groups attached to an aromatic ring is 1. The molecule has 0 aliphatic rings. The standard InChI is InChI=1S/C14H11Br2N3O2/c15-11-4-8(5-12(16)13(11)20)7-18-19-14(21)9-2-1-3-10(17)6-9/h1-7,20H,17H2,(H,19,21)/b18-7+. The van der Waals surface area contributed by atoms with Gasteiger partial charge in [-0.2, -0.15) is 5.10 Å². The molecule has 0 aliphatic carbocycles. The van der Waals surface area contributed by atoms with Crippen LogP contribution in [0.3, 0.4) is 0 Å². The molecule has 0 atom stereocenters. The number of carbonyl (C=O) groups excluding carboxylic acids is 1. The molecule has 7 heteroatoms. The van der Waals surface area contributed by atoms with Crippen molar-refractivity contribution in [2.24, 2.45) is 5.10 Å². The molecule has 0 saturated carbocycles. The maximum atomic E-state index is 11.8. The van der Waals surface area contributed by atoms with Crippen LogP contribution in [-0.4, -0.2) is 17.2 Å². The van der Waals surface area contributed by atoms with Crippen LogP contribution in [0.15, 0.2) is 50.4 Å². The van der Waals surface area contributed by atoms with E-state index in [9.17, 15) is 9.90 Å². The number of phenolic OH excluding ortho intramolecular Hbond substituents is 1. The maximum absolute atomic E-state index is 11.8. The van der Waals surface area contributed by atoms with Crippen LogP contribution in [0.1, 0.15) is 15.9 Å². The molecular formula is C14H11Br2N3O2. The van der Waals surface area contributed by atoms with Crippen LogP contribution < -0.4 is 11.2 Å². The zero-order chi connectivity index (χ0) is 15.4. The molecule has 2 aromatic carbocycles. The molecule has 0 aromatic heterocycles. The normalized spacial score (nSPS) is 10.8. The number of nitrogens with one attached hydrogen (secondary N) is 1. The number of rotatable bonds is 3. The van der Waals surface area contributed by atoms with E-state index in [1.54, 1.807) is 36.4 Å². The Morgan fingerprint density at radius 1 is 1.24 bits per heavy atom. The van der Waals surface area contributed by atoms with Crippen molar-refractivity contribution >= 4 is 49.7 Å². The molecule has 2 aromatic rings. The highest BCUT2D eigenvalue weighted by atomic mass is 79.9. The lowest BCUT2D eigenvalue weighted by atomic mass is 10.2. The van der Waals surface area contributed by atoms with Gasteiger partial charge in [0, 0.05) is 11.3 Å². The third-order valence-corrected chi connectivity index (χ3v) is 3.78. The van der Waals surface area contributed by atoms with Crippen molar-refractivity contribution in [2.45, 2.75) is 0 Å². The molecule has 0 fully saturated rings. The molecule has 0 aliphatic heterocycles. The Bertz CT molecular complexity index is 694. The summed E-state index contributed by atoms with van der Waals surface area (Å²) in [6.07, 6.45) is 1.47. The summed E-state index contributed by atoms with van der Waals surface area (Å²) >= 11 is 6.44. The van der Waals surface area contributed by atoms with Gasteiger partial charge in [0.05, 0.1) is 15.2 Å². The topological polar surface area (TPSA) is 87.7 Å². The van der Waals surface area contributed by atoms with E-state index in [4.69, 9.17) is 5.73 Å². The average molecular weight is 413 g/mol. The smallest absolute Gasteiger partial charge is 0.271 e. The van der Waals surface area contributed by atoms with Crippen LogP contribution in [0.25, 0.3) is 0 Å². The van der Waals surface area contributed by atoms with Crippen molar-refractivity contribution in [1.82, 2.24) is 5.43 Å². The van der Waals surface area contributed by atoms with Crippen LogP contribution in [0, 0.1) is 0 Å². The fraction of sp³-hybridized carbons (Fsp3) is 0. The van der Waals surface area contributed by atoms with Gasteiger partial charge in [-0.3, -0.25) is 4.79 Å². The van der Waals surface area contributed by atoms with E-state index in [-0.39, 0.29) is 11.7 Å². The molecule has 108 valence electrons. The van der Waals surface area contributed by atoms with Crippen molar-refractivity contribution in [3.63, 3.8) is 0 Å². The van der Waals surface area contributed by atoms with Crippen molar-refractivity contribution < 1.29 is 9.90 Å². The molecule has 0 heterocycles. The highest BCUT2D eigenvalue weighted by Gasteiger charge is 2.06. The third-order valence-electron chi connectivity index (χ3n) is 2.57. The van der Waals surface area contributed by atoms with Crippen LogP contribution in [0.2, 0.25) is 0 Å². The molecule has 0 bridgehead atoms. The molecule has 2 rings (SSSR count). The number of hydrogen-bond acceptors (Lipinski definition) is 4. The number of hydrazone groups is 1. The van der Waals surface area contributed by atoms with E-state index in [1.807, 2.05) is 0 Å². The fourth-order valence-corrected chi connectivity index (χ4v) is 2.79. The first-order chi connectivity index (χ1) is 9.97. The molecule has 0 saturated heterocycles. The number of hydrogen-bond donors (Lipinski definition) is 3. The molecule has 1 amide bonds. The van der Waals surface area contributed by atoms with Crippen LogP contribution >= 0.6 is 31.9 Å².